The van der Waals surface area contributed by atoms with Crippen LogP contribution >= 0.6 is 0 Å². The van der Waals surface area contributed by atoms with E-state index in [0.29, 0.717) is 25.8 Å². The monoisotopic (exact) mass is 275 g/mol. The summed E-state index contributed by atoms with van der Waals surface area (Å²) in [7, 11) is 0. The maximum absolute atomic E-state index is 11.6. The number of hydrogen-bond acceptors (Lipinski definition) is 2. The summed E-state index contributed by atoms with van der Waals surface area (Å²) in [6.07, 6.45) is 0.634. The van der Waals surface area contributed by atoms with E-state index in [1.54, 1.807) is 0 Å². The van der Waals surface area contributed by atoms with Gasteiger partial charge < -0.3 is 10.0 Å². The quantitative estimate of drug-likeness (QED) is 0.920. The summed E-state index contributed by atoms with van der Waals surface area (Å²) in [6.45, 7) is 4.34. The molecule has 1 aromatic carbocycles. The Balaban J connectivity index is 2.20. The maximum atomic E-state index is 11.6. The molecule has 1 aromatic rings. The first-order chi connectivity index (χ1) is 9.40. The van der Waals surface area contributed by atoms with Crippen molar-refractivity contribution >= 4 is 11.9 Å². The van der Waals surface area contributed by atoms with Crippen molar-refractivity contribution in [3.05, 3.63) is 35.9 Å². The topological polar surface area (TPSA) is 57.6 Å². The molecule has 0 bridgehead atoms. The van der Waals surface area contributed by atoms with E-state index in [4.69, 9.17) is 0 Å². The molecule has 1 unspecified atom stereocenters. The lowest BCUT2D eigenvalue weighted by Gasteiger charge is -2.43. The minimum Gasteiger partial charge on any atom is -0.465 e. The van der Waals surface area contributed by atoms with Gasteiger partial charge in [0.25, 0.3) is 0 Å². The van der Waals surface area contributed by atoms with Gasteiger partial charge >= 0.3 is 6.09 Å². The highest BCUT2D eigenvalue weighted by Gasteiger charge is 2.41. The van der Waals surface area contributed by atoms with E-state index in [1.165, 1.54) is 4.90 Å². The Morgan fingerprint density at radius 1 is 1.35 bits per heavy atom. The predicted molar refractivity (Wildman–Crippen MR) is 76.4 cm³/mol. The van der Waals surface area contributed by atoms with Crippen molar-refractivity contribution in [2.75, 3.05) is 0 Å². The molecule has 1 fully saturated rings. The van der Waals surface area contributed by atoms with Crippen molar-refractivity contribution in [2.24, 2.45) is 5.41 Å². The van der Waals surface area contributed by atoms with Gasteiger partial charge in [0.05, 0.1) is 0 Å². The molecule has 1 amide bonds. The molecular weight excluding hydrogens is 254 g/mol. The third kappa shape index (κ3) is 3.18. The molecule has 0 radical (unpaired) electrons. The molecule has 4 heteroatoms. The normalized spacial score (nSPS) is 21.5. The molecule has 4 nitrogen and oxygen atoms in total. The zero-order chi connectivity index (χ0) is 14.8. The number of rotatable bonds is 3. The largest absolute Gasteiger partial charge is 0.465 e. The fraction of sp³-hybridized carbons (Fsp3) is 0.500. The Labute approximate surface area is 119 Å². The molecule has 0 aromatic heterocycles. The Kier molecular flexibility index (Phi) is 4.12. The van der Waals surface area contributed by atoms with Crippen LogP contribution in [0.1, 0.15) is 38.7 Å². The average molecular weight is 275 g/mol. The number of benzene rings is 1. The molecule has 0 heterocycles. The lowest BCUT2D eigenvalue weighted by molar-refractivity contribution is -0.125. The van der Waals surface area contributed by atoms with Crippen LogP contribution in [-0.2, 0) is 11.3 Å². The van der Waals surface area contributed by atoms with Gasteiger partial charge in [-0.1, -0.05) is 44.2 Å². The van der Waals surface area contributed by atoms with Crippen LogP contribution < -0.4 is 0 Å². The van der Waals surface area contributed by atoms with Gasteiger partial charge in [0.2, 0.25) is 0 Å². The molecule has 0 saturated heterocycles. The summed E-state index contributed by atoms with van der Waals surface area (Å²) in [5.41, 5.74) is 0.672. The lowest BCUT2D eigenvalue weighted by Crippen LogP contribution is -2.50. The van der Waals surface area contributed by atoms with Gasteiger partial charge in [-0.05, 0) is 17.4 Å². The molecule has 1 N–H and O–H groups in total. The van der Waals surface area contributed by atoms with E-state index < -0.39 is 6.09 Å². The summed E-state index contributed by atoms with van der Waals surface area (Å²) in [5.74, 6) is 0.233. The first-order valence-electron chi connectivity index (χ1n) is 6.95. The number of carbonyl (C=O) groups excluding carboxylic acids is 1. The number of nitrogens with zero attached hydrogens (tertiary/aromatic N) is 1. The van der Waals surface area contributed by atoms with Crippen molar-refractivity contribution in [2.45, 2.75) is 45.7 Å². The first-order valence-corrected chi connectivity index (χ1v) is 6.95. The van der Waals surface area contributed by atoms with Crippen molar-refractivity contribution in [1.82, 2.24) is 4.90 Å². The highest BCUT2D eigenvalue weighted by molar-refractivity contribution is 5.80. The molecule has 2 rings (SSSR count). The summed E-state index contributed by atoms with van der Waals surface area (Å²) in [4.78, 5) is 24.7. The molecule has 1 saturated carbocycles. The molecular formula is C16H21NO3. The van der Waals surface area contributed by atoms with Crippen LogP contribution in [0.5, 0.6) is 0 Å². The lowest BCUT2D eigenvalue weighted by atomic mass is 9.72. The van der Waals surface area contributed by atoms with Gasteiger partial charge in [-0.3, -0.25) is 4.79 Å². The summed E-state index contributed by atoms with van der Waals surface area (Å²) >= 11 is 0. The van der Waals surface area contributed by atoms with Crippen molar-refractivity contribution in [3.63, 3.8) is 0 Å². The maximum Gasteiger partial charge on any atom is 0.407 e. The second-order valence-electron chi connectivity index (χ2n) is 6.15. The number of carbonyl (C=O) groups is 2. The van der Waals surface area contributed by atoms with E-state index in [9.17, 15) is 14.7 Å². The van der Waals surface area contributed by atoms with E-state index in [1.807, 2.05) is 44.2 Å². The molecule has 1 aliphatic carbocycles. The second kappa shape index (κ2) is 5.65. The molecule has 0 aliphatic heterocycles. The number of amides is 1. The SMILES string of the molecule is CC1(C)CC(=O)CCC1N(Cc1ccccc1)C(=O)O. The number of carboxylic acid groups (broad SMARTS) is 1. The Bertz CT molecular complexity index is 496. The van der Waals surface area contributed by atoms with Crippen LogP contribution in [-0.4, -0.2) is 27.9 Å². The van der Waals surface area contributed by atoms with Crippen molar-refractivity contribution in [3.8, 4) is 0 Å². The van der Waals surface area contributed by atoms with E-state index in [0.717, 1.165) is 5.56 Å². The van der Waals surface area contributed by atoms with Gasteiger partial charge in [0.15, 0.2) is 0 Å². The van der Waals surface area contributed by atoms with Gasteiger partial charge in [0.1, 0.15) is 5.78 Å². The molecule has 20 heavy (non-hydrogen) atoms. The van der Waals surface area contributed by atoms with Crippen molar-refractivity contribution in [1.29, 1.82) is 0 Å². The van der Waals surface area contributed by atoms with Crippen LogP contribution in [0.4, 0.5) is 4.79 Å². The van der Waals surface area contributed by atoms with Crippen molar-refractivity contribution < 1.29 is 14.7 Å². The summed E-state index contributed by atoms with van der Waals surface area (Å²) < 4.78 is 0. The highest BCUT2D eigenvalue weighted by atomic mass is 16.4. The minimum absolute atomic E-state index is 0.113. The standard InChI is InChI=1S/C16H21NO3/c1-16(2)10-13(18)8-9-14(16)17(15(19)20)11-12-6-4-3-5-7-12/h3-7,14H,8-11H2,1-2H3,(H,19,20). The Morgan fingerprint density at radius 3 is 2.55 bits per heavy atom. The van der Waals surface area contributed by atoms with Crippen LogP contribution in [0.3, 0.4) is 0 Å². The Morgan fingerprint density at radius 2 is 2.00 bits per heavy atom. The first kappa shape index (κ1) is 14.6. The summed E-state index contributed by atoms with van der Waals surface area (Å²) in [5, 5.41) is 9.53. The molecule has 1 atom stereocenters. The van der Waals surface area contributed by atoms with Gasteiger partial charge in [-0.2, -0.15) is 0 Å². The van der Waals surface area contributed by atoms with Crippen LogP contribution in [0, 0.1) is 5.41 Å². The van der Waals surface area contributed by atoms with Gasteiger partial charge in [-0.25, -0.2) is 4.79 Å². The van der Waals surface area contributed by atoms with Crippen LogP contribution in [0.15, 0.2) is 30.3 Å². The third-order valence-corrected chi connectivity index (χ3v) is 4.07. The molecule has 108 valence electrons. The summed E-state index contributed by atoms with van der Waals surface area (Å²) in [6, 6.07) is 9.47. The molecule has 1 aliphatic rings. The zero-order valence-corrected chi connectivity index (χ0v) is 12.0. The fourth-order valence-corrected chi connectivity index (χ4v) is 3.07. The average Bonchev–Trinajstić information content (AvgIpc) is 2.36. The van der Waals surface area contributed by atoms with E-state index >= 15 is 0 Å². The van der Waals surface area contributed by atoms with Crippen LogP contribution in [0.25, 0.3) is 0 Å². The second-order valence-corrected chi connectivity index (χ2v) is 6.15. The number of hydrogen-bond donors (Lipinski definition) is 1. The predicted octanol–water partition coefficient (Wildman–Crippen LogP) is 3.31. The highest BCUT2D eigenvalue weighted by Crippen LogP contribution is 2.37. The smallest absolute Gasteiger partial charge is 0.407 e. The van der Waals surface area contributed by atoms with Gasteiger partial charge in [-0.15, -0.1) is 0 Å². The van der Waals surface area contributed by atoms with Crippen LogP contribution in [0.2, 0.25) is 0 Å². The third-order valence-electron chi connectivity index (χ3n) is 4.07. The minimum atomic E-state index is -0.915. The van der Waals surface area contributed by atoms with Gasteiger partial charge in [0, 0.05) is 25.4 Å². The number of Topliss-reactive ketones (excluding diaryl/α,β-unsaturated/α-hetero) is 1. The van der Waals surface area contributed by atoms with E-state index in [-0.39, 0.29) is 17.2 Å². The fourth-order valence-electron chi connectivity index (χ4n) is 3.07. The Hall–Kier alpha value is -1.84. The zero-order valence-electron chi connectivity index (χ0n) is 12.0. The molecule has 0 spiro atoms. The van der Waals surface area contributed by atoms with E-state index in [2.05, 4.69) is 0 Å². The number of ketones is 1.